The molecule has 1 fully saturated rings. The number of benzene rings is 1. The van der Waals surface area contributed by atoms with Crippen molar-refractivity contribution in [1.82, 2.24) is 0 Å². The van der Waals surface area contributed by atoms with Gasteiger partial charge in [-0.25, -0.2) is 4.79 Å². The second-order valence-electron chi connectivity index (χ2n) is 6.81. The topological polar surface area (TPSA) is 170 Å². The molecule has 0 aromatic heterocycles. The number of esters is 4. The van der Waals surface area contributed by atoms with Crippen LogP contribution in [0.1, 0.15) is 26.3 Å². The summed E-state index contributed by atoms with van der Waals surface area (Å²) in [6, 6.07) is 4.37. The van der Waals surface area contributed by atoms with Crippen LogP contribution in [-0.4, -0.2) is 66.8 Å². The average Bonchev–Trinajstić information content (AvgIpc) is 2.71. The van der Waals surface area contributed by atoms with E-state index in [1.165, 1.54) is 18.2 Å². The number of hydrogen-bond acceptors (Lipinski definition) is 12. The van der Waals surface area contributed by atoms with E-state index in [4.69, 9.17) is 34.2 Å². The van der Waals surface area contributed by atoms with Gasteiger partial charge in [0.25, 0.3) is 0 Å². The Bertz CT molecular complexity index is 871. The van der Waals surface area contributed by atoms with E-state index in [1.807, 2.05) is 0 Å². The first-order chi connectivity index (χ1) is 15.1. The minimum absolute atomic E-state index is 0.0972. The third-order valence-corrected chi connectivity index (χ3v) is 4.33. The fraction of sp³-hybridized carbons (Fsp3) is 0.500. The van der Waals surface area contributed by atoms with Gasteiger partial charge in [0.15, 0.2) is 18.3 Å². The minimum atomic E-state index is -1.59. The summed E-state index contributed by atoms with van der Waals surface area (Å²) in [4.78, 5) is 47.6. The molecule has 1 saturated heterocycles. The third-order valence-electron chi connectivity index (χ3n) is 4.33. The molecule has 1 aromatic carbocycles. The summed E-state index contributed by atoms with van der Waals surface area (Å²) < 4.78 is 31.8. The molecule has 1 aliphatic rings. The molecule has 0 unspecified atom stereocenters. The van der Waals surface area contributed by atoms with Crippen molar-refractivity contribution in [2.45, 2.75) is 58.1 Å². The lowest BCUT2D eigenvalue weighted by atomic mass is 9.97. The van der Waals surface area contributed by atoms with Crippen molar-refractivity contribution in [2.75, 3.05) is 12.8 Å². The fourth-order valence-electron chi connectivity index (χ4n) is 3.14. The smallest absolute Gasteiger partial charge is 0.339 e. The zero-order chi connectivity index (χ0) is 24.0. The van der Waals surface area contributed by atoms with Crippen LogP contribution < -0.4 is 10.5 Å². The molecule has 0 bridgehead atoms. The number of aliphatic hydroxyl groups is 1. The summed E-state index contributed by atoms with van der Waals surface area (Å²) >= 11 is 0. The Morgan fingerprint density at radius 2 is 1.53 bits per heavy atom. The molecule has 0 aliphatic carbocycles. The van der Waals surface area contributed by atoms with Gasteiger partial charge in [-0.05, 0) is 18.2 Å². The minimum Gasteiger partial charge on any atom is -0.467 e. The highest BCUT2D eigenvalue weighted by atomic mass is 16.7. The van der Waals surface area contributed by atoms with Crippen LogP contribution in [0.15, 0.2) is 18.2 Å². The first-order valence-corrected chi connectivity index (χ1v) is 9.48. The molecule has 12 heteroatoms. The predicted octanol–water partition coefficient (Wildman–Crippen LogP) is -0.167. The zero-order valence-corrected chi connectivity index (χ0v) is 17.9. The summed E-state index contributed by atoms with van der Waals surface area (Å²) in [6.07, 6.45) is -7.54. The molecule has 176 valence electrons. The Morgan fingerprint density at radius 1 is 0.969 bits per heavy atom. The van der Waals surface area contributed by atoms with Crippen molar-refractivity contribution in [3.8, 4) is 5.75 Å². The molecule has 32 heavy (non-hydrogen) atoms. The maximum atomic E-state index is 12.4. The Hall–Kier alpha value is -3.38. The van der Waals surface area contributed by atoms with Gasteiger partial charge in [-0.1, -0.05) is 0 Å². The predicted molar refractivity (Wildman–Crippen MR) is 105 cm³/mol. The zero-order valence-electron chi connectivity index (χ0n) is 17.9. The highest BCUT2D eigenvalue weighted by Gasteiger charge is 2.55. The van der Waals surface area contributed by atoms with Gasteiger partial charge in [0.2, 0.25) is 12.4 Å². The van der Waals surface area contributed by atoms with E-state index in [1.54, 1.807) is 0 Å². The SMILES string of the molecule is COC(=O)[C@H]1O[C@@H](Oc2ccc(N)cc2CO)[C@H](OC(C)=O)[C@@H](OC(C)=O)[C@@H]1OC(C)=O. The Balaban J connectivity index is 2.54. The maximum absolute atomic E-state index is 12.4. The van der Waals surface area contributed by atoms with E-state index >= 15 is 0 Å². The van der Waals surface area contributed by atoms with Crippen molar-refractivity contribution < 1.29 is 52.7 Å². The van der Waals surface area contributed by atoms with Gasteiger partial charge in [-0.2, -0.15) is 0 Å². The number of ether oxygens (including phenoxy) is 6. The van der Waals surface area contributed by atoms with Crippen LogP contribution in [0.3, 0.4) is 0 Å². The molecule has 12 nitrogen and oxygen atoms in total. The quantitative estimate of drug-likeness (QED) is 0.317. The third kappa shape index (κ3) is 6.08. The Labute approximate surface area is 183 Å². The number of aliphatic hydroxyl groups excluding tert-OH is 1. The molecule has 0 saturated carbocycles. The summed E-state index contributed by atoms with van der Waals surface area (Å²) in [6.45, 7) is 2.80. The molecule has 3 N–H and O–H groups in total. The van der Waals surface area contributed by atoms with E-state index in [-0.39, 0.29) is 11.3 Å². The van der Waals surface area contributed by atoms with Crippen molar-refractivity contribution in [3.63, 3.8) is 0 Å². The summed E-state index contributed by atoms with van der Waals surface area (Å²) in [7, 11) is 1.08. The summed E-state index contributed by atoms with van der Waals surface area (Å²) in [5.74, 6) is -3.27. The molecule has 0 radical (unpaired) electrons. The van der Waals surface area contributed by atoms with E-state index in [0.717, 1.165) is 27.9 Å². The lowest BCUT2D eigenvalue weighted by molar-refractivity contribution is -0.282. The normalized spacial score (nSPS) is 24.7. The number of methoxy groups -OCH3 is 1. The first-order valence-electron chi connectivity index (χ1n) is 9.48. The van der Waals surface area contributed by atoms with Crippen molar-refractivity contribution in [3.05, 3.63) is 23.8 Å². The second-order valence-corrected chi connectivity index (χ2v) is 6.81. The molecular weight excluding hydrogens is 430 g/mol. The molecule has 0 amide bonds. The number of rotatable bonds is 7. The summed E-state index contributed by atoms with van der Waals surface area (Å²) in [5, 5.41) is 9.61. The van der Waals surface area contributed by atoms with Crippen molar-refractivity contribution in [1.29, 1.82) is 0 Å². The molecule has 5 atom stereocenters. The molecule has 1 heterocycles. The van der Waals surface area contributed by atoms with Crippen LogP contribution in [-0.2, 0) is 49.5 Å². The van der Waals surface area contributed by atoms with Gasteiger partial charge in [0, 0.05) is 32.0 Å². The molecular formula is C20H25NO11. The van der Waals surface area contributed by atoms with E-state index in [9.17, 15) is 24.3 Å². The van der Waals surface area contributed by atoms with Gasteiger partial charge < -0.3 is 39.3 Å². The second kappa shape index (κ2) is 10.8. The fourth-order valence-corrected chi connectivity index (χ4v) is 3.14. The monoisotopic (exact) mass is 455 g/mol. The van der Waals surface area contributed by atoms with Crippen molar-refractivity contribution >= 4 is 29.6 Å². The van der Waals surface area contributed by atoms with E-state index in [2.05, 4.69) is 0 Å². The number of nitrogens with two attached hydrogens (primary N) is 1. The van der Waals surface area contributed by atoms with Gasteiger partial charge >= 0.3 is 23.9 Å². The summed E-state index contributed by atoms with van der Waals surface area (Å²) in [5.41, 5.74) is 6.34. The van der Waals surface area contributed by atoms with Crippen LogP contribution in [0.5, 0.6) is 5.75 Å². The number of hydrogen-bond donors (Lipinski definition) is 2. The van der Waals surface area contributed by atoms with Crippen LogP contribution in [0, 0.1) is 0 Å². The number of nitrogen functional groups attached to an aromatic ring is 1. The van der Waals surface area contributed by atoms with Gasteiger partial charge in [0.1, 0.15) is 5.75 Å². The highest BCUT2D eigenvalue weighted by Crippen LogP contribution is 2.32. The molecule has 2 rings (SSSR count). The standard InChI is InChI=1S/C20H25NO11/c1-9(23)28-15-16(29-10(2)24)18(30-11(3)25)20(32-17(15)19(26)27-4)31-14-6-5-13(21)7-12(14)8-22/h5-7,15-18,20,22H,8,21H2,1-4H3/t15-,16-,17-,18+,20+/m0/s1. The molecule has 1 aromatic rings. The highest BCUT2D eigenvalue weighted by molar-refractivity contribution is 5.77. The Morgan fingerprint density at radius 3 is 2.06 bits per heavy atom. The number of carbonyl (C=O) groups is 4. The van der Waals surface area contributed by atoms with E-state index in [0.29, 0.717) is 5.69 Å². The van der Waals surface area contributed by atoms with Gasteiger partial charge in [-0.15, -0.1) is 0 Å². The Kier molecular flexibility index (Phi) is 8.38. The van der Waals surface area contributed by atoms with Crippen molar-refractivity contribution in [2.24, 2.45) is 0 Å². The number of anilines is 1. The van der Waals surface area contributed by atoms with E-state index < -0.39 is 61.2 Å². The molecule has 1 aliphatic heterocycles. The van der Waals surface area contributed by atoms with Gasteiger partial charge in [0.05, 0.1) is 13.7 Å². The lowest BCUT2D eigenvalue weighted by Gasteiger charge is -2.43. The first kappa shape index (κ1) is 24.9. The van der Waals surface area contributed by atoms with Crippen LogP contribution in [0.4, 0.5) is 5.69 Å². The largest absolute Gasteiger partial charge is 0.467 e. The van der Waals surface area contributed by atoms with Gasteiger partial charge in [-0.3, -0.25) is 14.4 Å². The lowest BCUT2D eigenvalue weighted by Crippen LogP contribution is -2.64. The number of carbonyl (C=O) groups excluding carboxylic acids is 4. The van der Waals surface area contributed by atoms with Crippen LogP contribution >= 0.6 is 0 Å². The van der Waals surface area contributed by atoms with Crippen LogP contribution in [0.25, 0.3) is 0 Å². The van der Waals surface area contributed by atoms with Crippen LogP contribution in [0.2, 0.25) is 0 Å². The average molecular weight is 455 g/mol. The maximum Gasteiger partial charge on any atom is 0.339 e. The molecule has 0 spiro atoms.